The number of carbonyl (C=O) groups excluding carboxylic acids is 2. The predicted molar refractivity (Wildman–Crippen MR) is 106 cm³/mol. The van der Waals surface area contributed by atoms with Gasteiger partial charge in [-0.1, -0.05) is 6.42 Å². The van der Waals surface area contributed by atoms with Gasteiger partial charge in [0.05, 0.1) is 0 Å². The van der Waals surface area contributed by atoms with Gasteiger partial charge in [0.1, 0.15) is 6.04 Å². The van der Waals surface area contributed by atoms with Crippen molar-refractivity contribution in [1.82, 2.24) is 20.0 Å². The molecule has 0 bridgehead atoms. The van der Waals surface area contributed by atoms with Crippen LogP contribution in [0.2, 0.25) is 0 Å². The van der Waals surface area contributed by atoms with Crippen molar-refractivity contribution >= 4 is 11.8 Å². The molecular weight excluding hydrogens is 342 g/mol. The Morgan fingerprint density at radius 3 is 2.59 bits per heavy atom. The average Bonchev–Trinajstić information content (AvgIpc) is 3.04. The highest BCUT2D eigenvalue weighted by atomic mass is 16.2. The summed E-state index contributed by atoms with van der Waals surface area (Å²) in [7, 11) is 0. The van der Waals surface area contributed by atoms with Crippen molar-refractivity contribution in [2.24, 2.45) is 11.7 Å². The summed E-state index contributed by atoms with van der Waals surface area (Å²) in [5.41, 5.74) is 5.69. The highest BCUT2D eigenvalue weighted by Gasteiger charge is 2.37. The number of likely N-dealkylation sites (tertiary alicyclic amines) is 3. The topological polar surface area (TPSA) is 81.9 Å². The second-order valence-electron chi connectivity index (χ2n) is 8.39. The van der Waals surface area contributed by atoms with Gasteiger partial charge in [0.2, 0.25) is 11.8 Å². The van der Waals surface area contributed by atoms with E-state index >= 15 is 0 Å². The van der Waals surface area contributed by atoms with Crippen LogP contribution in [-0.2, 0) is 9.59 Å². The van der Waals surface area contributed by atoms with Crippen molar-refractivity contribution in [2.45, 2.75) is 51.0 Å². The van der Waals surface area contributed by atoms with Crippen molar-refractivity contribution in [3.8, 4) is 0 Å². The molecule has 0 aromatic carbocycles. The number of hydrogen-bond donors (Lipinski definition) is 2. The van der Waals surface area contributed by atoms with Crippen LogP contribution < -0.4 is 11.1 Å². The summed E-state index contributed by atoms with van der Waals surface area (Å²) in [6, 6.07) is -0.274. The lowest BCUT2D eigenvalue weighted by atomic mass is 9.97. The Kier molecular flexibility index (Phi) is 7.91. The number of amides is 2. The maximum atomic E-state index is 12.7. The van der Waals surface area contributed by atoms with E-state index in [1.807, 2.05) is 4.90 Å². The number of nitrogens with zero attached hydrogens (tertiary/aromatic N) is 3. The molecule has 0 aliphatic carbocycles. The van der Waals surface area contributed by atoms with Crippen molar-refractivity contribution in [1.29, 1.82) is 0 Å². The summed E-state index contributed by atoms with van der Waals surface area (Å²) in [5.74, 6) is 0.630. The lowest BCUT2D eigenvalue weighted by Crippen LogP contribution is -2.50. The first-order valence-electron chi connectivity index (χ1n) is 10.9. The molecule has 3 rings (SSSR count). The second kappa shape index (κ2) is 10.4. The number of nitrogens with two attached hydrogens (primary N) is 1. The Balaban J connectivity index is 1.45. The number of piperidine rings is 2. The number of carbonyl (C=O) groups is 2. The van der Waals surface area contributed by atoms with Gasteiger partial charge in [0, 0.05) is 45.7 Å². The first kappa shape index (κ1) is 20.6. The third-order valence-corrected chi connectivity index (χ3v) is 6.31. The number of hydrogen-bond acceptors (Lipinski definition) is 5. The van der Waals surface area contributed by atoms with E-state index in [2.05, 4.69) is 15.1 Å². The third kappa shape index (κ3) is 5.90. The van der Waals surface area contributed by atoms with E-state index in [-0.39, 0.29) is 17.9 Å². The minimum absolute atomic E-state index is 0.0347. The van der Waals surface area contributed by atoms with Crippen LogP contribution in [-0.4, -0.2) is 91.5 Å². The van der Waals surface area contributed by atoms with Gasteiger partial charge in [-0.25, -0.2) is 0 Å². The van der Waals surface area contributed by atoms with E-state index < -0.39 is 0 Å². The lowest BCUT2D eigenvalue weighted by molar-refractivity contribution is -0.136. The number of rotatable bonds is 8. The molecule has 154 valence electrons. The van der Waals surface area contributed by atoms with E-state index in [0.29, 0.717) is 38.4 Å². The number of nitrogens with one attached hydrogen (secondary N) is 1. The summed E-state index contributed by atoms with van der Waals surface area (Å²) in [6.07, 6.45) is 7.30. The molecule has 2 atom stereocenters. The Bertz CT molecular complexity index is 493. The minimum atomic E-state index is -0.274. The van der Waals surface area contributed by atoms with Crippen LogP contribution in [0.3, 0.4) is 0 Å². The molecule has 3 saturated heterocycles. The molecule has 3 heterocycles. The highest BCUT2D eigenvalue weighted by Crippen LogP contribution is 2.24. The van der Waals surface area contributed by atoms with E-state index in [1.165, 1.54) is 19.3 Å². The van der Waals surface area contributed by atoms with Gasteiger partial charge in [0.25, 0.3) is 0 Å². The van der Waals surface area contributed by atoms with E-state index in [0.717, 1.165) is 52.1 Å². The van der Waals surface area contributed by atoms with Gasteiger partial charge in [-0.05, 0) is 57.7 Å². The van der Waals surface area contributed by atoms with Crippen molar-refractivity contribution in [2.75, 3.05) is 58.9 Å². The van der Waals surface area contributed by atoms with Crippen LogP contribution in [0.4, 0.5) is 0 Å². The maximum absolute atomic E-state index is 12.7. The van der Waals surface area contributed by atoms with E-state index in [4.69, 9.17) is 5.73 Å². The average molecular weight is 380 g/mol. The zero-order valence-electron chi connectivity index (χ0n) is 16.7. The molecule has 7 nitrogen and oxygen atoms in total. The third-order valence-electron chi connectivity index (χ3n) is 6.31. The van der Waals surface area contributed by atoms with Gasteiger partial charge >= 0.3 is 0 Å². The zero-order valence-corrected chi connectivity index (χ0v) is 16.7. The molecule has 3 fully saturated rings. The van der Waals surface area contributed by atoms with Crippen LogP contribution in [0.25, 0.3) is 0 Å². The van der Waals surface area contributed by atoms with Gasteiger partial charge in [-0.2, -0.15) is 0 Å². The minimum Gasteiger partial charge on any atom is -0.353 e. The normalized spacial score (nSPS) is 27.9. The van der Waals surface area contributed by atoms with Crippen LogP contribution in [0.15, 0.2) is 0 Å². The molecule has 0 aromatic heterocycles. The smallest absolute Gasteiger partial charge is 0.242 e. The molecule has 3 aliphatic rings. The zero-order chi connectivity index (χ0) is 19.1. The summed E-state index contributed by atoms with van der Waals surface area (Å²) in [5, 5.41) is 3.09. The van der Waals surface area contributed by atoms with Gasteiger partial charge in [0.15, 0.2) is 0 Å². The van der Waals surface area contributed by atoms with E-state index in [1.54, 1.807) is 0 Å². The Hall–Kier alpha value is -1.18. The molecule has 2 amide bonds. The first-order valence-corrected chi connectivity index (χ1v) is 10.9. The Labute approximate surface area is 163 Å². The predicted octanol–water partition coefficient (Wildman–Crippen LogP) is 0.250. The molecule has 27 heavy (non-hydrogen) atoms. The molecule has 3 N–H and O–H groups in total. The second-order valence-corrected chi connectivity index (χ2v) is 8.39. The fraction of sp³-hybridized carbons (Fsp3) is 0.900. The molecule has 7 heteroatoms. The van der Waals surface area contributed by atoms with Crippen molar-refractivity contribution < 1.29 is 9.59 Å². The van der Waals surface area contributed by atoms with Gasteiger partial charge < -0.3 is 25.8 Å². The molecule has 3 aliphatic heterocycles. The monoisotopic (exact) mass is 379 g/mol. The quantitative estimate of drug-likeness (QED) is 0.632. The summed E-state index contributed by atoms with van der Waals surface area (Å²) < 4.78 is 0. The Morgan fingerprint density at radius 1 is 1.04 bits per heavy atom. The fourth-order valence-electron chi connectivity index (χ4n) is 4.84. The molecule has 0 saturated carbocycles. The summed E-state index contributed by atoms with van der Waals surface area (Å²) in [4.78, 5) is 31.8. The SMILES string of the molecule is NCCN1CCCC(CN2C(=O)CCC2C(=O)NCCN2CCCCC2)C1. The first-order chi connectivity index (χ1) is 13.2. The molecule has 2 unspecified atom stereocenters. The molecule has 0 spiro atoms. The maximum Gasteiger partial charge on any atom is 0.242 e. The summed E-state index contributed by atoms with van der Waals surface area (Å²) >= 11 is 0. The standard InChI is InChI=1S/C20H37N5O2/c21-8-13-24-12-4-5-17(15-24)16-25-18(6-7-19(25)26)20(27)22-9-14-23-10-2-1-3-11-23/h17-18H,1-16,21H2,(H,22,27). The van der Waals surface area contributed by atoms with Gasteiger partial charge in [-0.15, -0.1) is 0 Å². The van der Waals surface area contributed by atoms with Gasteiger partial charge in [-0.3, -0.25) is 9.59 Å². The molecule has 0 radical (unpaired) electrons. The van der Waals surface area contributed by atoms with Crippen molar-refractivity contribution in [3.05, 3.63) is 0 Å². The van der Waals surface area contributed by atoms with Crippen LogP contribution in [0.5, 0.6) is 0 Å². The Morgan fingerprint density at radius 2 is 1.81 bits per heavy atom. The van der Waals surface area contributed by atoms with Crippen LogP contribution in [0, 0.1) is 5.92 Å². The van der Waals surface area contributed by atoms with Crippen molar-refractivity contribution in [3.63, 3.8) is 0 Å². The van der Waals surface area contributed by atoms with Crippen LogP contribution >= 0.6 is 0 Å². The molecular formula is C20H37N5O2. The van der Waals surface area contributed by atoms with E-state index in [9.17, 15) is 9.59 Å². The fourth-order valence-corrected chi connectivity index (χ4v) is 4.84. The largest absolute Gasteiger partial charge is 0.353 e. The molecule has 0 aromatic rings. The highest BCUT2D eigenvalue weighted by molar-refractivity contribution is 5.90. The lowest BCUT2D eigenvalue weighted by Gasteiger charge is -2.36. The summed E-state index contributed by atoms with van der Waals surface area (Å²) in [6.45, 7) is 8.29. The van der Waals surface area contributed by atoms with Crippen LogP contribution in [0.1, 0.15) is 44.9 Å².